The van der Waals surface area contributed by atoms with E-state index in [1.165, 1.54) is 11.9 Å². The lowest BCUT2D eigenvalue weighted by atomic mass is 9.87. The Kier molecular flexibility index (Phi) is 5.01. The molecule has 2 rings (SSSR count). The van der Waals surface area contributed by atoms with Gasteiger partial charge in [-0.05, 0) is 37.0 Å². The van der Waals surface area contributed by atoms with Gasteiger partial charge in [-0.25, -0.2) is 4.98 Å². The van der Waals surface area contributed by atoms with Gasteiger partial charge in [0, 0.05) is 13.1 Å². The van der Waals surface area contributed by atoms with Crippen molar-refractivity contribution in [3.05, 3.63) is 42.4 Å². The summed E-state index contributed by atoms with van der Waals surface area (Å²) in [7, 11) is 0. The van der Waals surface area contributed by atoms with E-state index in [1.54, 1.807) is 6.20 Å². The van der Waals surface area contributed by atoms with Crippen LogP contribution < -0.4 is 9.64 Å². The third kappa shape index (κ3) is 3.75. The van der Waals surface area contributed by atoms with Crippen LogP contribution in [0.1, 0.15) is 40.2 Å². The van der Waals surface area contributed by atoms with Crippen molar-refractivity contribution in [1.82, 2.24) is 9.97 Å². The number of aromatic nitrogens is 2. The Bertz CT molecular complexity index is 598. The summed E-state index contributed by atoms with van der Waals surface area (Å²) in [5, 5.41) is 0. The van der Waals surface area contributed by atoms with Crippen LogP contribution in [0.25, 0.3) is 0 Å². The molecule has 0 aliphatic carbocycles. The van der Waals surface area contributed by atoms with Gasteiger partial charge < -0.3 is 9.64 Å². The second-order valence-electron chi connectivity index (χ2n) is 6.26. The second-order valence-corrected chi connectivity index (χ2v) is 6.26. The summed E-state index contributed by atoms with van der Waals surface area (Å²) >= 11 is 0. The van der Waals surface area contributed by atoms with Crippen LogP contribution in [0.2, 0.25) is 0 Å². The largest absolute Gasteiger partial charge is 0.437 e. The fourth-order valence-corrected chi connectivity index (χ4v) is 2.31. The van der Waals surface area contributed by atoms with Crippen molar-refractivity contribution < 1.29 is 4.74 Å². The first-order valence-corrected chi connectivity index (χ1v) is 7.79. The van der Waals surface area contributed by atoms with Crippen LogP contribution >= 0.6 is 0 Å². The van der Waals surface area contributed by atoms with Crippen molar-refractivity contribution in [2.24, 2.45) is 0 Å². The van der Waals surface area contributed by atoms with Crippen molar-refractivity contribution in [2.75, 3.05) is 18.0 Å². The van der Waals surface area contributed by atoms with Crippen molar-refractivity contribution in [3.63, 3.8) is 0 Å². The Balaban J connectivity index is 2.24. The average Bonchev–Trinajstić information content (AvgIpc) is 2.50. The summed E-state index contributed by atoms with van der Waals surface area (Å²) in [5.74, 6) is 1.39. The number of hydrogen-bond acceptors (Lipinski definition) is 4. The molecule has 0 aliphatic heterocycles. The first-order chi connectivity index (χ1) is 10.5. The van der Waals surface area contributed by atoms with Crippen molar-refractivity contribution in [1.29, 1.82) is 0 Å². The smallest absolute Gasteiger partial charge is 0.246 e. The number of benzene rings is 1. The molecule has 1 heterocycles. The summed E-state index contributed by atoms with van der Waals surface area (Å²) in [6, 6.07) is 8.20. The summed E-state index contributed by atoms with van der Waals surface area (Å²) in [6.07, 6.45) is 3.32. The minimum atomic E-state index is 0.139. The van der Waals surface area contributed by atoms with E-state index in [-0.39, 0.29) is 5.41 Å². The van der Waals surface area contributed by atoms with Gasteiger partial charge in [-0.3, -0.25) is 0 Å². The minimum Gasteiger partial charge on any atom is -0.437 e. The van der Waals surface area contributed by atoms with Gasteiger partial charge in [0.1, 0.15) is 17.8 Å². The van der Waals surface area contributed by atoms with Gasteiger partial charge in [0.05, 0.1) is 6.20 Å². The molecule has 4 nitrogen and oxygen atoms in total. The van der Waals surface area contributed by atoms with Gasteiger partial charge in [-0.15, -0.1) is 0 Å². The SMILES string of the molecule is CCN(CC)c1cncnc1Oc1ccc(C(C)(C)C)cc1. The lowest BCUT2D eigenvalue weighted by Gasteiger charge is -2.22. The Morgan fingerprint density at radius 1 is 1.05 bits per heavy atom. The molecular weight excluding hydrogens is 274 g/mol. The Morgan fingerprint density at radius 3 is 2.23 bits per heavy atom. The summed E-state index contributed by atoms with van der Waals surface area (Å²) in [5.41, 5.74) is 2.35. The zero-order chi connectivity index (χ0) is 16.2. The number of ether oxygens (including phenoxy) is 1. The van der Waals surface area contributed by atoms with Crippen LogP contribution in [-0.4, -0.2) is 23.1 Å². The maximum absolute atomic E-state index is 5.97. The molecule has 22 heavy (non-hydrogen) atoms. The van der Waals surface area contributed by atoms with E-state index < -0.39 is 0 Å². The predicted octanol–water partition coefficient (Wildman–Crippen LogP) is 4.41. The minimum absolute atomic E-state index is 0.139. The molecule has 0 amide bonds. The predicted molar refractivity (Wildman–Crippen MR) is 90.8 cm³/mol. The highest BCUT2D eigenvalue weighted by Gasteiger charge is 2.15. The van der Waals surface area contributed by atoms with E-state index in [2.05, 4.69) is 61.6 Å². The fourth-order valence-electron chi connectivity index (χ4n) is 2.31. The molecule has 0 radical (unpaired) electrons. The molecule has 0 bridgehead atoms. The molecule has 118 valence electrons. The van der Waals surface area contributed by atoms with E-state index in [0.29, 0.717) is 5.88 Å². The zero-order valence-electron chi connectivity index (χ0n) is 14.1. The quantitative estimate of drug-likeness (QED) is 0.819. The molecule has 0 fully saturated rings. The maximum atomic E-state index is 5.97. The Morgan fingerprint density at radius 2 is 1.68 bits per heavy atom. The average molecular weight is 299 g/mol. The molecule has 4 heteroatoms. The number of rotatable bonds is 5. The lowest BCUT2D eigenvalue weighted by molar-refractivity contribution is 0.459. The van der Waals surface area contributed by atoms with Crippen LogP contribution in [0.4, 0.5) is 5.69 Å². The van der Waals surface area contributed by atoms with E-state index in [0.717, 1.165) is 24.5 Å². The van der Waals surface area contributed by atoms with Gasteiger partial charge in [-0.1, -0.05) is 32.9 Å². The summed E-state index contributed by atoms with van der Waals surface area (Å²) < 4.78 is 5.97. The van der Waals surface area contributed by atoms with E-state index >= 15 is 0 Å². The van der Waals surface area contributed by atoms with E-state index in [1.807, 2.05) is 12.1 Å². The zero-order valence-corrected chi connectivity index (χ0v) is 14.1. The topological polar surface area (TPSA) is 38.2 Å². The third-order valence-electron chi connectivity index (χ3n) is 3.70. The van der Waals surface area contributed by atoms with E-state index in [4.69, 9.17) is 4.74 Å². The summed E-state index contributed by atoms with van der Waals surface area (Å²) in [4.78, 5) is 10.6. The number of anilines is 1. The first kappa shape index (κ1) is 16.3. The standard InChI is InChI=1S/C18H25N3O/c1-6-21(7-2)16-12-19-13-20-17(16)22-15-10-8-14(9-11-15)18(3,4)5/h8-13H,6-7H2,1-5H3. The van der Waals surface area contributed by atoms with Crippen LogP contribution in [-0.2, 0) is 5.41 Å². The van der Waals surface area contributed by atoms with Crippen LogP contribution in [0.5, 0.6) is 11.6 Å². The van der Waals surface area contributed by atoms with Crippen LogP contribution in [0, 0.1) is 0 Å². The molecule has 0 saturated heterocycles. The monoisotopic (exact) mass is 299 g/mol. The summed E-state index contributed by atoms with van der Waals surface area (Å²) in [6.45, 7) is 12.6. The van der Waals surface area contributed by atoms with Crippen molar-refractivity contribution >= 4 is 5.69 Å². The van der Waals surface area contributed by atoms with Gasteiger partial charge in [0.25, 0.3) is 0 Å². The highest BCUT2D eigenvalue weighted by molar-refractivity contribution is 5.54. The molecular formula is C18H25N3O. The number of nitrogens with zero attached hydrogens (tertiary/aromatic N) is 3. The highest BCUT2D eigenvalue weighted by Crippen LogP contribution is 2.30. The van der Waals surface area contributed by atoms with Crippen LogP contribution in [0.3, 0.4) is 0 Å². The maximum Gasteiger partial charge on any atom is 0.246 e. The molecule has 0 unspecified atom stereocenters. The molecule has 1 aromatic carbocycles. The molecule has 0 aliphatic rings. The molecule has 0 saturated carbocycles. The molecule has 2 aromatic rings. The first-order valence-electron chi connectivity index (χ1n) is 7.79. The molecule has 1 aromatic heterocycles. The molecule has 0 N–H and O–H groups in total. The van der Waals surface area contributed by atoms with Crippen molar-refractivity contribution in [2.45, 2.75) is 40.0 Å². The lowest BCUT2D eigenvalue weighted by Crippen LogP contribution is -2.22. The number of hydrogen-bond donors (Lipinski definition) is 0. The van der Waals surface area contributed by atoms with Crippen molar-refractivity contribution in [3.8, 4) is 11.6 Å². The van der Waals surface area contributed by atoms with Gasteiger partial charge in [-0.2, -0.15) is 4.98 Å². The fraction of sp³-hybridized carbons (Fsp3) is 0.444. The highest BCUT2D eigenvalue weighted by atomic mass is 16.5. The second kappa shape index (κ2) is 6.77. The third-order valence-corrected chi connectivity index (χ3v) is 3.70. The Labute approximate surface area is 133 Å². The van der Waals surface area contributed by atoms with Gasteiger partial charge in [0.15, 0.2) is 0 Å². The van der Waals surface area contributed by atoms with Gasteiger partial charge in [0.2, 0.25) is 5.88 Å². The van der Waals surface area contributed by atoms with Crippen LogP contribution in [0.15, 0.2) is 36.8 Å². The molecule has 0 spiro atoms. The normalized spacial score (nSPS) is 11.3. The molecule has 0 atom stereocenters. The van der Waals surface area contributed by atoms with Gasteiger partial charge >= 0.3 is 0 Å². The van der Waals surface area contributed by atoms with E-state index in [9.17, 15) is 0 Å². The Hall–Kier alpha value is -2.10.